The first-order valence-electron chi connectivity index (χ1n) is 7.97. The average Bonchev–Trinajstić information content (AvgIpc) is 2.46. The van der Waals surface area contributed by atoms with E-state index in [-0.39, 0.29) is 5.78 Å². The van der Waals surface area contributed by atoms with Crippen molar-refractivity contribution >= 4 is 11.9 Å². The highest BCUT2D eigenvalue weighted by Gasteiger charge is 2.13. The Balaban J connectivity index is 2.54. The van der Waals surface area contributed by atoms with Gasteiger partial charge in [-0.25, -0.2) is 0 Å². The molecule has 0 aliphatic heterocycles. The van der Waals surface area contributed by atoms with E-state index in [0.717, 1.165) is 17.7 Å². The summed E-state index contributed by atoms with van der Waals surface area (Å²) in [4.78, 5) is 12.1. The highest BCUT2D eigenvalue weighted by atomic mass is 16.5. The van der Waals surface area contributed by atoms with Crippen molar-refractivity contribution in [3.05, 3.63) is 35.9 Å². The zero-order valence-electron chi connectivity index (χ0n) is 14.2. The summed E-state index contributed by atoms with van der Waals surface area (Å²) in [6, 6.07) is 7.74. The molecule has 0 fully saturated rings. The Bertz CT molecular complexity index is 460. The topological polar surface area (TPSA) is 35.5 Å². The zero-order chi connectivity index (χ0) is 16.4. The molecule has 1 atom stereocenters. The minimum Gasteiger partial charge on any atom is -0.494 e. The molecular formula is C19H28O3. The van der Waals surface area contributed by atoms with Crippen LogP contribution in [0.15, 0.2) is 30.3 Å². The molecule has 122 valence electrons. The molecule has 1 aromatic rings. The second kappa shape index (κ2) is 10.2. The number of hydrogen-bond acceptors (Lipinski definition) is 3. The zero-order valence-corrected chi connectivity index (χ0v) is 14.2. The van der Waals surface area contributed by atoms with E-state index in [0.29, 0.717) is 31.5 Å². The van der Waals surface area contributed by atoms with Gasteiger partial charge in [-0.1, -0.05) is 32.1 Å². The third-order valence-electron chi connectivity index (χ3n) is 3.35. The van der Waals surface area contributed by atoms with E-state index in [1.165, 1.54) is 0 Å². The monoisotopic (exact) mass is 304 g/mol. The van der Waals surface area contributed by atoms with Crippen LogP contribution in [0, 0.1) is 11.8 Å². The summed E-state index contributed by atoms with van der Waals surface area (Å²) in [5.74, 6) is 1.87. The highest BCUT2D eigenvalue weighted by Crippen LogP contribution is 2.17. The third kappa shape index (κ3) is 7.41. The van der Waals surface area contributed by atoms with Crippen LogP contribution in [-0.4, -0.2) is 26.1 Å². The number of hydrogen-bond donors (Lipinski definition) is 0. The van der Waals surface area contributed by atoms with Gasteiger partial charge in [0.1, 0.15) is 5.75 Å². The van der Waals surface area contributed by atoms with Crippen LogP contribution in [0.3, 0.4) is 0 Å². The van der Waals surface area contributed by atoms with Crippen molar-refractivity contribution in [3.63, 3.8) is 0 Å². The predicted molar refractivity (Wildman–Crippen MR) is 91.1 cm³/mol. The molecule has 0 aliphatic rings. The summed E-state index contributed by atoms with van der Waals surface area (Å²) in [6.45, 7) is 7.59. The second-order valence-corrected chi connectivity index (χ2v) is 5.96. The van der Waals surface area contributed by atoms with Gasteiger partial charge in [0.15, 0.2) is 5.78 Å². The Morgan fingerprint density at radius 3 is 2.45 bits per heavy atom. The number of methoxy groups -OCH3 is 1. The van der Waals surface area contributed by atoms with Crippen molar-refractivity contribution in [2.24, 2.45) is 11.8 Å². The molecule has 0 saturated heterocycles. The molecule has 0 aromatic heterocycles. The van der Waals surface area contributed by atoms with Gasteiger partial charge in [0.2, 0.25) is 0 Å². The van der Waals surface area contributed by atoms with E-state index < -0.39 is 0 Å². The first-order valence-corrected chi connectivity index (χ1v) is 7.97. The maximum Gasteiger partial charge on any atom is 0.156 e. The first-order chi connectivity index (χ1) is 10.5. The lowest BCUT2D eigenvalue weighted by atomic mass is 9.93. The number of carbonyl (C=O) groups is 1. The van der Waals surface area contributed by atoms with E-state index in [9.17, 15) is 4.79 Å². The van der Waals surface area contributed by atoms with Crippen molar-refractivity contribution in [3.8, 4) is 5.75 Å². The molecule has 1 rings (SSSR count). The van der Waals surface area contributed by atoms with Crippen molar-refractivity contribution in [2.75, 3.05) is 20.3 Å². The normalized spacial score (nSPS) is 12.8. The van der Waals surface area contributed by atoms with Gasteiger partial charge in [0.25, 0.3) is 0 Å². The Morgan fingerprint density at radius 1 is 1.23 bits per heavy atom. The highest BCUT2D eigenvalue weighted by molar-refractivity contribution is 5.93. The lowest BCUT2D eigenvalue weighted by molar-refractivity contribution is -0.115. The van der Waals surface area contributed by atoms with E-state index in [1.807, 2.05) is 37.3 Å². The van der Waals surface area contributed by atoms with Crippen LogP contribution in [0.25, 0.3) is 6.08 Å². The SMILES string of the molecule is CCOc1ccc(/C=C/C(=O)C[C@@H](COC)CC(C)C)cc1. The maximum atomic E-state index is 12.1. The number of ether oxygens (including phenoxy) is 2. The van der Waals surface area contributed by atoms with Gasteiger partial charge >= 0.3 is 0 Å². The number of benzene rings is 1. The minimum atomic E-state index is 0.150. The Labute approximate surface area is 134 Å². The number of ketones is 1. The van der Waals surface area contributed by atoms with Gasteiger partial charge < -0.3 is 9.47 Å². The molecule has 0 N–H and O–H groups in total. The smallest absolute Gasteiger partial charge is 0.156 e. The van der Waals surface area contributed by atoms with Crippen molar-refractivity contribution in [1.82, 2.24) is 0 Å². The molecule has 22 heavy (non-hydrogen) atoms. The van der Waals surface area contributed by atoms with Gasteiger partial charge in [-0.2, -0.15) is 0 Å². The maximum absolute atomic E-state index is 12.1. The molecule has 0 heterocycles. The Hall–Kier alpha value is -1.61. The van der Waals surface area contributed by atoms with Crippen molar-refractivity contribution in [2.45, 2.75) is 33.6 Å². The lowest BCUT2D eigenvalue weighted by Crippen LogP contribution is -2.15. The summed E-state index contributed by atoms with van der Waals surface area (Å²) in [6.07, 6.45) is 5.08. The quantitative estimate of drug-likeness (QED) is 0.602. The van der Waals surface area contributed by atoms with Crippen LogP contribution in [0.4, 0.5) is 0 Å². The summed E-state index contributed by atoms with van der Waals surface area (Å²) in [5, 5.41) is 0. The van der Waals surface area contributed by atoms with E-state index in [2.05, 4.69) is 13.8 Å². The summed E-state index contributed by atoms with van der Waals surface area (Å²) in [7, 11) is 1.69. The van der Waals surface area contributed by atoms with E-state index in [1.54, 1.807) is 13.2 Å². The molecule has 0 aliphatic carbocycles. The van der Waals surface area contributed by atoms with Crippen LogP contribution in [0.2, 0.25) is 0 Å². The van der Waals surface area contributed by atoms with Gasteiger partial charge in [0.05, 0.1) is 6.61 Å². The molecule has 0 bridgehead atoms. The molecule has 0 unspecified atom stereocenters. The minimum absolute atomic E-state index is 0.150. The van der Waals surface area contributed by atoms with Gasteiger partial charge in [-0.05, 0) is 49.0 Å². The lowest BCUT2D eigenvalue weighted by Gasteiger charge is -2.16. The van der Waals surface area contributed by atoms with Crippen molar-refractivity contribution in [1.29, 1.82) is 0 Å². The van der Waals surface area contributed by atoms with Crippen LogP contribution < -0.4 is 4.74 Å². The fourth-order valence-corrected chi connectivity index (χ4v) is 2.50. The van der Waals surface area contributed by atoms with Crippen LogP contribution in [-0.2, 0) is 9.53 Å². The molecule has 3 nitrogen and oxygen atoms in total. The van der Waals surface area contributed by atoms with Gasteiger partial charge in [-0.3, -0.25) is 4.79 Å². The van der Waals surface area contributed by atoms with E-state index >= 15 is 0 Å². The third-order valence-corrected chi connectivity index (χ3v) is 3.35. The molecular weight excluding hydrogens is 276 g/mol. The molecule has 0 amide bonds. The van der Waals surface area contributed by atoms with Crippen molar-refractivity contribution < 1.29 is 14.3 Å². The van der Waals surface area contributed by atoms with Crippen LogP contribution in [0.5, 0.6) is 5.75 Å². The molecule has 0 spiro atoms. The predicted octanol–water partition coefficient (Wildman–Crippen LogP) is 4.37. The first kappa shape index (κ1) is 18.4. The van der Waals surface area contributed by atoms with Gasteiger partial charge in [-0.15, -0.1) is 0 Å². The summed E-state index contributed by atoms with van der Waals surface area (Å²) >= 11 is 0. The molecule has 0 saturated carbocycles. The van der Waals surface area contributed by atoms with Crippen LogP contribution >= 0.6 is 0 Å². The van der Waals surface area contributed by atoms with E-state index in [4.69, 9.17) is 9.47 Å². The fourth-order valence-electron chi connectivity index (χ4n) is 2.50. The standard InChI is InChI=1S/C19H28O3/c1-5-22-19-10-7-16(8-11-19)6-9-18(20)13-17(14-21-4)12-15(2)3/h6-11,15,17H,5,12-14H2,1-4H3/b9-6+/t17-/m0/s1. The second-order valence-electron chi connectivity index (χ2n) is 5.96. The summed E-state index contributed by atoms with van der Waals surface area (Å²) < 4.78 is 10.6. The average molecular weight is 304 g/mol. The Kier molecular flexibility index (Phi) is 8.53. The fraction of sp³-hybridized carbons (Fsp3) is 0.526. The molecule has 1 aromatic carbocycles. The van der Waals surface area contributed by atoms with Crippen LogP contribution in [0.1, 0.15) is 39.2 Å². The molecule has 0 radical (unpaired) electrons. The number of rotatable bonds is 10. The Morgan fingerprint density at radius 2 is 1.91 bits per heavy atom. The van der Waals surface area contributed by atoms with Gasteiger partial charge in [0, 0.05) is 20.1 Å². The number of allylic oxidation sites excluding steroid dienone is 1. The largest absolute Gasteiger partial charge is 0.494 e. The number of carbonyl (C=O) groups excluding carboxylic acids is 1. The molecule has 3 heteroatoms. The summed E-state index contributed by atoms with van der Waals surface area (Å²) in [5.41, 5.74) is 1.00.